The van der Waals surface area contributed by atoms with E-state index in [0.29, 0.717) is 0 Å². The molecule has 1 aromatic carbocycles. The number of rotatable bonds is 8. The van der Waals surface area contributed by atoms with E-state index < -0.39 is 27.3 Å². The summed E-state index contributed by atoms with van der Waals surface area (Å²) in [7, 11) is -3.88. The lowest BCUT2D eigenvalue weighted by atomic mass is 9.99. The number of sulfonamides is 1. The first-order valence-corrected chi connectivity index (χ1v) is 9.68. The molecule has 2 aromatic rings. The van der Waals surface area contributed by atoms with Crippen LogP contribution < -0.4 is 4.72 Å². The number of carbonyl (C=O) groups is 2. The van der Waals surface area contributed by atoms with Gasteiger partial charge in [0.1, 0.15) is 0 Å². The minimum absolute atomic E-state index is 0.0429. The van der Waals surface area contributed by atoms with Crippen molar-refractivity contribution in [2.45, 2.75) is 31.2 Å². The van der Waals surface area contributed by atoms with Gasteiger partial charge in [-0.1, -0.05) is 0 Å². The summed E-state index contributed by atoms with van der Waals surface area (Å²) in [6.07, 6.45) is 2.81. The van der Waals surface area contributed by atoms with Crippen LogP contribution in [-0.4, -0.2) is 42.3 Å². The van der Waals surface area contributed by atoms with Crippen LogP contribution >= 0.6 is 0 Å². The number of carbonyl (C=O) groups excluding carboxylic acids is 2. The molecular formula is C17H19N5O5S. The van der Waals surface area contributed by atoms with Crippen molar-refractivity contribution in [2.24, 2.45) is 10.2 Å². The van der Waals surface area contributed by atoms with Crippen molar-refractivity contribution in [3.63, 3.8) is 0 Å². The van der Waals surface area contributed by atoms with Crippen LogP contribution in [0.5, 0.6) is 0 Å². The Morgan fingerprint density at radius 2 is 1.79 bits per heavy atom. The Balaban J connectivity index is 2.20. The first kappa shape index (κ1) is 21.1. The van der Waals surface area contributed by atoms with E-state index in [-0.39, 0.29) is 23.1 Å². The number of ketones is 1. The zero-order valence-corrected chi connectivity index (χ0v) is 16.3. The second-order valence-corrected chi connectivity index (χ2v) is 7.40. The molecule has 0 spiro atoms. The predicted molar refractivity (Wildman–Crippen MR) is 99.5 cm³/mol. The molecule has 0 amide bonds. The number of Topliss-reactive ketones (excluding diaryl/α,β-unsaturated/α-hetero) is 1. The molecule has 28 heavy (non-hydrogen) atoms. The highest BCUT2D eigenvalue weighted by atomic mass is 32.2. The molecule has 0 aliphatic rings. The average molecular weight is 405 g/mol. The topological polar surface area (TPSA) is 140 Å². The van der Waals surface area contributed by atoms with Gasteiger partial charge in [-0.05, 0) is 51.1 Å². The highest BCUT2D eigenvalue weighted by Crippen LogP contribution is 2.22. The van der Waals surface area contributed by atoms with Gasteiger partial charge in [-0.3, -0.25) is 4.79 Å². The number of nitrogens with zero attached hydrogens (tertiary/aromatic N) is 4. The van der Waals surface area contributed by atoms with E-state index in [1.54, 1.807) is 13.0 Å². The molecule has 148 valence electrons. The fourth-order valence-corrected chi connectivity index (χ4v) is 2.87. The fourth-order valence-electron chi connectivity index (χ4n) is 1.91. The number of ether oxygens (including phenoxy) is 1. The Kier molecular flexibility index (Phi) is 6.52. The molecule has 2 rings (SSSR count). The standard InChI is InChI=1S/C17H19N5O5S/c1-4-27-15(24)17(3,12(2)23)22-20-13-6-8-14(9-7-13)28(25,26)21-16-18-10-5-11-19-16/h5-11H,4H2,1-3H3,(H,18,19,21). The number of benzene rings is 1. The van der Waals surface area contributed by atoms with Crippen LogP contribution in [0.4, 0.5) is 11.6 Å². The van der Waals surface area contributed by atoms with Crippen LogP contribution in [0.1, 0.15) is 20.8 Å². The third kappa shape index (κ3) is 4.94. The molecule has 1 unspecified atom stereocenters. The molecule has 0 fully saturated rings. The lowest BCUT2D eigenvalue weighted by molar-refractivity contribution is -0.152. The van der Waals surface area contributed by atoms with Crippen LogP contribution in [0.2, 0.25) is 0 Å². The van der Waals surface area contributed by atoms with Crippen LogP contribution in [0.25, 0.3) is 0 Å². The average Bonchev–Trinajstić information content (AvgIpc) is 2.67. The maximum Gasteiger partial charge on any atom is 0.343 e. The molecule has 11 heteroatoms. The van der Waals surface area contributed by atoms with E-state index in [0.717, 1.165) is 0 Å². The Morgan fingerprint density at radius 3 is 2.32 bits per heavy atom. The summed E-state index contributed by atoms with van der Waals surface area (Å²) >= 11 is 0. The van der Waals surface area contributed by atoms with E-state index in [1.807, 2.05) is 0 Å². The number of hydrogen-bond donors (Lipinski definition) is 1. The number of hydrogen-bond acceptors (Lipinski definition) is 9. The number of aromatic nitrogens is 2. The second kappa shape index (κ2) is 8.65. The van der Waals surface area contributed by atoms with Crippen LogP contribution in [-0.2, 0) is 24.3 Å². The van der Waals surface area contributed by atoms with E-state index in [1.165, 1.54) is 50.5 Å². The Labute approximate surface area is 162 Å². The molecule has 0 bridgehead atoms. The number of azo groups is 1. The van der Waals surface area contributed by atoms with Gasteiger partial charge in [-0.25, -0.2) is 27.9 Å². The second-order valence-electron chi connectivity index (χ2n) is 5.72. The van der Waals surface area contributed by atoms with Crippen molar-refractivity contribution < 1.29 is 22.7 Å². The summed E-state index contributed by atoms with van der Waals surface area (Å²) in [5.74, 6) is -1.39. The maximum atomic E-state index is 12.3. The van der Waals surface area contributed by atoms with Gasteiger partial charge < -0.3 is 4.74 Å². The minimum atomic E-state index is -3.88. The summed E-state index contributed by atoms with van der Waals surface area (Å²) in [6, 6.07) is 6.93. The van der Waals surface area contributed by atoms with Gasteiger partial charge in [0.05, 0.1) is 17.2 Å². The van der Waals surface area contributed by atoms with E-state index >= 15 is 0 Å². The third-order valence-corrected chi connectivity index (χ3v) is 5.01. The van der Waals surface area contributed by atoms with Gasteiger partial charge in [0, 0.05) is 12.4 Å². The molecule has 0 aliphatic carbocycles. The van der Waals surface area contributed by atoms with Crippen molar-refractivity contribution in [3.05, 3.63) is 42.7 Å². The highest BCUT2D eigenvalue weighted by molar-refractivity contribution is 7.92. The first-order valence-electron chi connectivity index (χ1n) is 8.20. The molecule has 1 atom stereocenters. The summed E-state index contributed by atoms with van der Waals surface area (Å²) in [5, 5.41) is 7.69. The zero-order valence-electron chi connectivity index (χ0n) is 15.5. The van der Waals surface area contributed by atoms with Gasteiger partial charge >= 0.3 is 5.97 Å². The normalized spacial score (nSPS) is 13.7. The molecular weight excluding hydrogens is 386 g/mol. The molecule has 1 aromatic heterocycles. The maximum absolute atomic E-state index is 12.3. The smallest absolute Gasteiger partial charge is 0.343 e. The fraction of sp³-hybridized carbons (Fsp3) is 0.294. The molecule has 0 radical (unpaired) electrons. The highest BCUT2D eigenvalue weighted by Gasteiger charge is 2.40. The Morgan fingerprint density at radius 1 is 1.18 bits per heavy atom. The summed E-state index contributed by atoms with van der Waals surface area (Å²) in [5.41, 5.74) is -1.51. The van der Waals surface area contributed by atoms with Gasteiger partial charge in [0.2, 0.25) is 11.5 Å². The minimum Gasteiger partial charge on any atom is -0.464 e. The van der Waals surface area contributed by atoms with Gasteiger partial charge in [-0.15, -0.1) is 0 Å². The van der Waals surface area contributed by atoms with E-state index in [2.05, 4.69) is 24.9 Å². The van der Waals surface area contributed by atoms with E-state index in [4.69, 9.17) is 4.74 Å². The Hall–Kier alpha value is -3.21. The van der Waals surface area contributed by atoms with Crippen LogP contribution in [0, 0.1) is 0 Å². The quantitative estimate of drug-likeness (QED) is 0.403. The lowest BCUT2D eigenvalue weighted by Crippen LogP contribution is -2.41. The van der Waals surface area contributed by atoms with Crippen molar-refractivity contribution in [1.82, 2.24) is 9.97 Å². The molecule has 1 N–H and O–H groups in total. The summed E-state index contributed by atoms with van der Waals surface area (Å²) in [6.45, 7) is 4.23. The van der Waals surface area contributed by atoms with Crippen molar-refractivity contribution >= 4 is 33.4 Å². The van der Waals surface area contributed by atoms with Crippen LogP contribution in [0.3, 0.4) is 0 Å². The van der Waals surface area contributed by atoms with Crippen LogP contribution in [0.15, 0.2) is 57.8 Å². The largest absolute Gasteiger partial charge is 0.464 e. The third-order valence-electron chi connectivity index (χ3n) is 3.66. The number of nitrogens with one attached hydrogen (secondary N) is 1. The zero-order chi connectivity index (χ0) is 20.8. The lowest BCUT2D eigenvalue weighted by Gasteiger charge is -2.18. The first-order chi connectivity index (χ1) is 13.2. The predicted octanol–water partition coefficient (Wildman–Crippen LogP) is 2.27. The molecule has 10 nitrogen and oxygen atoms in total. The molecule has 1 heterocycles. The number of anilines is 1. The number of esters is 1. The summed E-state index contributed by atoms with van der Waals surface area (Å²) < 4.78 is 31.8. The van der Waals surface area contributed by atoms with Crippen molar-refractivity contribution in [2.75, 3.05) is 11.3 Å². The van der Waals surface area contributed by atoms with Gasteiger partial charge in [0.25, 0.3) is 10.0 Å². The van der Waals surface area contributed by atoms with Crippen molar-refractivity contribution in [1.29, 1.82) is 0 Å². The molecule has 0 aliphatic heterocycles. The SMILES string of the molecule is CCOC(=O)C(C)(N=Nc1ccc(S(=O)(=O)Nc2ncccn2)cc1)C(C)=O. The van der Waals surface area contributed by atoms with E-state index in [9.17, 15) is 18.0 Å². The molecule has 0 saturated heterocycles. The van der Waals surface area contributed by atoms with Gasteiger partial charge in [0.15, 0.2) is 5.78 Å². The Bertz CT molecular complexity index is 977. The molecule has 0 saturated carbocycles. The van der Waals surface area contributed by atoms with Crippen molar-refractivity contribution in [3.8, 4) is 0 Å². The monoisotopic (exact) mass is 405 g/mol. The summed E-state index contributed by atoms with van der Waals surface area (Å²) in [4.78, 5) is 31.4. The van der Waals surface area contributed by atoms with Gasteiger partial charge in [-0.2, -0.15) is 10.2 Å².